The van der Waals surface area contributed by atoms with E-state index in [1.807, 2.05) is 0 Å². The number of amides is 1. The van der Waals surface area contributed by atoms with Gasteiger partial charge in [0.25, 0.3) is 5.91 Å². The molecule has 0 atom stereocenters. The number of rotatable bonds is 2. The summed E-state index contributed by atoms with van der Waals surface area (Å²) in [5, 5.41) is 2.47. The molecule has 0 fully saturated rings. The monoisotopic (exact) mass is 219 g/mol. The average molecular weight is 219 g/mol. The van der Waals surface area contributed by atoms with E-state index in [9.17, 15) is 9.18 Å². The standard InChI is InChI=1S/C12H10FNO2/c1-8-2-3-11(10(13)6-8)14-12(15)9-4-5-16-7-9/h2-7H,1H3,(H,14,15). The molecular weight excluding hydrogens is 209 g/mol. The number of benzene rings is 1. The van der Waals surface area contributed by atoms with Crippen molar-refractivity contribution in [1.82, 2.24) is 0 Å². The van der Waals surface area contributed by atoms with Crippen LogP contribution < -0.4 is 5.32 Å². The molecule has 0 saturated heterocycles. The van der Waals surface area contributed by atoms with Gasteiger partial charge in [0.05, 0.1) is 17.5 Å². The molecule has 1 aromatic carbocycles. The fraction of sp³-hybridized carbons (Fsp3) is 0.0833. The fourth-order valence-corrected chi connectivity index (χ4v) is 1.31. The Labute approximate surface area is 91.9 Å². The molecule has 0 aliphatic rings. The Morgan fingerprint density at radius 3 is 2.81 bits per heavy atom. The van der Waals surface area contributed by atoms with Gasteiger partial charge >= 0.3 is 0 Å². The second kappa shape index (κ2) is 4.18. The SMILES string of the molecule is Cc1ccc(NC(=O)c2ccoc2)c(F)c1. The number of hydrogen-bond acceptors (Lipinski definition) is 2. The Morgan fingerprint density at radius 1 is 1.38 bits per heavy atom. The Kier molecular flexibility index (Phi) is 2.72. The summed E-state index contributed by atoms with van der Waals surface area (Å²) in [5.74, 6) is -0.839. The van der Waals surface area contributed by atoms with E-state index in [0.29, 0.717) is 5.56 Å². The number of anilines is 1. The van der Waals surface area contributed by atoms with Crippen LogP contribution >= 0.6 is 0 Å². The summed E-state index contributed by atoms with van der Waals surface area (Å²) in [4.78, 5) is 11.6. The molecule has 82 valence electrons. The summed E-state index contributed by atoms with van der Waals surface area (Å²) in [5.41, 5.74) is 1.33. The summed E-state index contributed by atoms with van der Waals surface area (Å²) in [6.07, 6.45) is 2.70. The molecule has 0 unspecified atom stereocenters. The predicted molar refractivity (Wildman–Crippen MR) is 57.8 cm³/mol. The third kappa shape index (κ3) is 2.11. The topological polar surface area (TPSA) is 42.2 Å². The Bertz CT molecular complexity index is 506. The molecule has 2 rings (SSSR count). The van der Waals surface area contributed by atoms with E-state index in [-0.39, 0.29) is 5.69 Å². The maximum absolute atomic E-state index is 13.4. The quantitative estimate of drug-likeness (QED) is 0.843. The van der Waals surface area contributed by atoms with Crippen molar-refractivity contribution in [1.29, 1.82) is 0 Å². The van der Waals surface area contributed by atoms with Gasteiger partial charge in [-0.1, -0.05) is 6.07 Å². The highest BCUT2D eigenvalue weighted by atomic mass is 19.1. The molecule has 16 heavy (non-hydrogen) atoms. The van der Waals surface area contributed by atoms with Crippen molar-refractivity contribution in [2.75, 3.05) is 5.32 Å². The van der Waals surface area contributed by atoms with E-state index in [0.717, 1.165) is 5.56 Å². The Hall–Kier alpha value is -2.10. The van der Waals surface area contributed by atoms with Gasteiger partial charge in [0.15, 0.2) is 0 Å². The summed E-state index contributed by atoms with van der Waals surface area (Å²) in [7, 11) is 0. The van der Waals surface area contributed by atoms with E-state index in [1.165, 1.54) is 30.7 Å². The highest BCUT2D eigenvalue weighted by molar-refractivity contribution is 6.04. The Balaban J connectivity index is 2.18. The van der Waals surface area contributed by atoms with Gasteiger partial charge in [-0.25, -0.2) is 4.39 Å². The van der Waals surface area contributed by atoms with Gasteiger partial charge < -0.3 is 9.73 Å². The van der Waals surface area contributed by atoms with E-state index >= 15 is 0 Å². The minimum Gasteiger partial charge on any atom is -0.472 e. The van der Waals surface area contributed by atoms with E-state index in [4.69, 9.17) is 4.42 Å². The van der Waals surface area contributed by atoms with E-state index < -0.39 is 11.7 Å². The number of aryl methyl sites for hydroxylation is 1. The van der Waals surface area contributed by atoms with Crippen molar-refractivity contribution >= 4 is 11.6 Å². The van der Waals surface area contributed by atoms with Crippen LogP contribution in [0.15, 0.2) is 41.2 Å². The zero-order chi connectivity index (χ0) is 11.5. The van der Waals surface area contributed by atoms with Gasteiger partial charge in [0.1, 0.15) is 12.1 Å². The molecule has 0 spiro atoms. The molecule has 0 aliphatic carbocycles. The van der Waals surface area contributed by atoms with Crippen LogP contribution in [-0.2, 0) is 0 Å². The number of halogens is 1. The largest absolute Gasteiger partial charge is 0.472 e. The normalized spacial score (nSPS) is 10.1. The second-order valence-corrected chi connectivity index (χ2v) is 3.45. The molecule has 1 aromatic heterocycles. The fourth-order valence-electron chi connectivity index (χ4n) is 1.31. The number of hydrogen-bond donors (Lipinski definition) is 1. The highest BCUT2D eigenvalue weighted by Crippen LogP contribution is 2.16. The van der Waals surface area contributed by atoms with Crippen LogP contribution in [0.3, 0.4) is 0 Å². The van der Waals surface area contributed by atoms with Crippen molar-refractivity contribution in [3.05, 3.63) is 53.7 Å². The van der Waals surface area contributed by atoms with Crippen LogP contribution in [-0.4, -0.2) is 5.91 Å². The third-order valence-electron chi connectivity index (χ3n) is 2.16. The predicted octanol–water partition coefficient (Wildman–Crippen LogP) is 2.98. The van der Waals surface area contributed by atoms with Crippen LogP contribution in [0.5, 0.6) is 0 Å². The minimum absolute atomic E-state index is 0.164. The molecule has 0 bridgehead atoms. The van der Waals surface area contributed by atoms with E-state index in [2.05, 4.69) is 5.32 Å². The summed E-state index contributed by atoms with van der Waals surface area (Å²) >= 11 is 0. The summed E-state index contributed by atoms with van der Waals surface area (Å²) < 4.78 is 18.2. The first kappa shape index (κ1) is 10.4. The molecule has 1 amide bonds. The molecule has 2 aromatic rings. The molecule has 0 saturated carbocycles. The van der Waals surface area contributed by atoms with Gasteiger partial charge in [0, 0.05) is 0 Å². The zero-order valence-corrected chi connectivity index (χ0v) is 8.66. The molecule has 1 heterocycles. The maximum Gasteiger partial charge on any atom is 0.258 e. The van der Waals surface area contributed by atoms with Crippen molar-refractivity contribution in [3.8, 4) is 0 Å². The minimum atomic E-state index is -0.447. The van der Waals surface area contributed by atoms with Gasteiger partial charge in [-0.2, -0.15) is 0 Å². The number of furan rings is 1. The van der Waals surface area contributed by atoms with Crippen LogP contribution in [0.1, 0.15) is 15.9 Å². The van der Waals surface area contributed by atoms with Crippen LogP contribution in [0.4, 0.5) is 10.1 Å². The van der Waals surface area contributed by atoms with Crippen LogP contribution in [0, 0.1) is 12.7 Å². The van der Waals surface area contributed by atoms with Gasteiger partial charge in [0.2, 0.25) is 0 Å². The van der Waals surface area contributed by atoms with E-state index in [1.54, 1.807) is 13.0 Å². The first-order valence-corrected chi connectivity index (χ1v) is 4.76. The molecular formula is C12H10FNO2. The van der Waals surface area contributed by atoms with Gasteiger partial charge in [-0.15, -0.1) is 0 Å². The van der Waals surface area contributed by atoms with Crippen molar-refractivity contribution < 1.29 is 13.6 Å². The zero-order valence-electron chi connectivity index (χ0n) is 8.66. The number of carbonyl (C=O) groups excluding carboxylic acids is 1. The lowest BCUT2D eigenvalue weighted by Gasteiger charge is -2.05. The Morgan fingerprint density at radius 2 is 2.19 bits per heavy atom. The summed E-state index contributed by atoms with van der Waals surface area (Å²) in [6.45, 7) is 1.78. The summed E-state index contributed by atoms with van der Waals surface area (Å²) in [6, 6.07) is 6.14. The highest BCUT2D eigenvalue weighted by Gasteiger charge is 2.09. The number of nitrogens with one attached hydrogen (secondary N) is 1. The second-order valence-electron chi connectivity index (χ2n) is 3.45. The lowest BCUT2D eigenvalue weighted by Crippen LogP contribution is -2.12. The molecule has 3 nitrogen and oxygen atoms in total. The van der Waals surface area contributed by atoms with Crippen molar-refractivity contribution in [2.24, 2.45) is 0 Å². The first-order chi connectivity index (χ1) is 7.66. The lowest BCUT2D eigenvalue weighted by atomic mass is 10.2. The van der Waals surface area contributed by atoms with Crippen molar-refractivity contribution in [2.45, 2.75) is 6.92 Å². The number of carbonyl (C=O) groups is 1. The molecule has 0 radical (unpaired) electrons. The van der Waals surface area contributed by atoms with Crippen molar-refractivity contribution in [3.63, 3.8) is 0 Å². The smallest absolute Gasteiger partial charge is 0.258 e. The van der Waals surface area contributed by atoms with Crippen LogP contribution in [0.2, 0.25) is 0 Å². The lowest BCUT2D eigenvalue weighted by molar-refractivity contribution is 0.102. The molecule has 4 heteroatoms. The third-order valence-corrected chi connectivity index (χ3v) is 2.16. The molecule has 1 N–H and O–H groups in total. The first-order valence-electron chi connectivity index (χ1n) is 4.76. The average Bonchev–Trinajstić information content (AvgIpc) is 2.75. The van der Waals surface area contributed by atoms with Gasteiger partial charge in [-0.3, -0.25) is 4.79 Å². The van der Waals surface area contributed by atoms with Crippen LogP contribution in [0.25, 0.3) is 0 Å². The molecule has 0 aliphatic heterocycles. The van der Waals surface area contributed by atoms with Gasteiger partial charge in [-0.05, 0) is 30.7 Å². The maximum atomic E-state index is 13.4.